The fraction of sp³-hybridized carbons (Fsp3) is 0.619. The number of hydrogen-bond acceptors (Lipinski definition) is 7. The molecule has 0 spiro atoms. The first-order valence-electron chi connectivity index (χ1n) is 10.8. The average Bonchev–Trinajstić information content (AvgIpc) is 2.79. The number of aryl methyl sites for hydroxylation is 1. The molecule has 8 nitrogen and oxygen atoms in total. The van der Waals surface area contributed by atoms with Crippen LogP contribution in [0.2, 0.25) is 0 Å². The lowest BCUT2D eigenvalue weighted by atomic mass is 9.76. The molecule has 33 heavy (non-hydrogen) atoms. The van der Waals surface area contributed by atoms with Gasteiger partial charge in [0.15, 0.2) is 5.71 Å². The van der Waals surface area contributed by atoms with E-state index in [0.29, 0.717) is 12.3 Å². The Morgan fingerprint density at radius 2 is 1.79 bits per heavy atom. The normalized spacial score (nSPS) is 22.9. The van der Waals surface area contributed by atoms with Crippen molar-refractivity contribution in [3.8, 4) is 6.07 Å². The topological polar surface area (TPSA) is 117 Å². The molecular formula is C21H27F2N3O5S2. The van der Waals surface area contributed by atoms with Gasteiger partial charge in [0.05, 0.1) is 5.75 Å². The lowest BCUT2D eigenvalue weighted by Gasteiger charge is -2.40. The number of nitrogens with zero attached hydrogens (tertiary/aromatic N) is 3. The Bertz CT molecular complexity index is 1130. The third kappa shape index (κ3) is 6.07. The van der Waals surface area contributed by atoms with Gasteiger partial charge in [0.2, 0.25) is 10.0 Å². The molecule has 0 amide bonds. The maximum Gasteiger partial charge on any atom is 0.395 e. The summed E-state index contributed by atoms with van der Waals surface area (Å²) in [5, 5.41) is 7.74. The zero-order valence-electron chi connectivity index (χ0n) is 18.3. The van der Waals surface area contributed by atoms with Gasteiger partial charge >= 0.3 is 15.4 Å². The molecule has 0 aromatic heterocycles. The number of rotatable bonds is 8. The highest BCUT2D eigenvalue weighted by Gasteiger charge is 2.49. The number of halogens is 2. The Morgan fingerprint density at radius 3 is 2.42 bits per heavy atom. The van der Waals surface area contributed by atoms with Crippen LogP contribution in [-0.4, -0.2) is 50.9 Å². The van der Waals surface area contributed by atoms with E-state index < -0.39 is 43.3 Å². The summed E-state index contributed by atoms with van der Waals surface area (Å²) < 4.78 is 83.5. The van der Waals surface area contributed by atoms with Crippen LogP contribution < -0.4 is 0 Å². The van der Waals surface area contributed by atoms with Gasteiger partial charge in [0.25, 0.3) is 0 Å². The lowest BCUT2D eigenvalue weighted by Crippen LogP contribution is -2.46. The van der Waals surface area contributed by atoms with Crippen molar-refractivity contribution in [3.05, 3.63) is 35.4 Å². The predicted octanol–water partition coefficient (Wildman–Crippen LogP) is 3.39. The number of nitriles is 1. The number of oxime groups is 1. The molecule has 0 radical (unpaired) electrons. The second-order valence-electron chi connectivity index (χ2n) is 8.60. The number of benzene rings is 1. The summed E-state index contributed by atoms with van der Waals surface area (Å²) in [7, 11) is -9.67. The number of fused-ring (bicyclic) bond motifs is 1. The van der Waals surface area contributed by atoms with Crippen molar-refractivity contribution in [1.29, 1.82) is 5.26 Å². The highest BCUT2D eigenvalue weighted by molar-refractivity contribution is 7.89. The van der Waals surface area contributed by atoms with Crippen LogP contribution in [-0.2, 0) is 24.4 Å². The molecule has 2 fully saturated rings. The summed E-state index contributed by atoms with van der Waals surface area (Å²) in [5.74, 6) is -0.358. The minimum absolute atomic E-state index is 0.190. The maximum atomic E-state index is 14.4. The van der Waals surface area contributed by atoms with Gasteiger partial charge in [-0.1, -0.05) is 54.2 Å². The zero-order valence-corrected chi connectivity index (χ0v) is 19.9. The van der Waals surface area contributed by atoms with E-state index in [1.54, 1.807) is 25.1 Å². The quantitative estimate of drug-likeness (QED) is 0.397. The molecule has 2 atom stereocenters. The Labute approximate surface area is 193 Å². The SMILES string of the molecule is Cc1ccc(C(C#N)=NOS(=O)(=O)C(F)(F)CCS(=O)(=O)N2CCC3CCCCC3C2)cc1. The van der Waals surface area contributed by atoms with E-state index in [-0.39, 0.29) is 24.6 Å². The molecule has 182 valence electrons. The Balaban J connectivity index is 1.64. The highest BCUT2D eigenvalue weighted by Crippen LogP contribution is 2.37. The van der Waals surface area contributed by atoms with Gasteiger partial charge in [-0.25, -0.2) is 12.7 Å². The Kier molecular flexibility index (Phi) is 7.76. The van der Waals surface area contributed by atoms with Gasteiger partial charge in [-0.15, -0.1) is 0 Å². The maximum absolute atomic E-state index is 14.4. The van der Waals surface area contributed by atoms with Crippen LogP contribution in [0.4, 0.5) is 8.78 Å². The van der Waals surface area contributed by atoms with E-state index in [9.17, 15) is 25.6 Å². The Hall–Kier alpha value is -2.10. The van der Waals surface area contributed by atoms with Crippen LogP contribution >= 0.6 is 0 Å². The number of alkyl halides is 2. The van der Waals surface area contributed by atoms with Crippen molar-refractivity contribution in [3.63, 3.8) is 0 Å². The van der Waals surface area contributed by atoms with E-state index in [0.717, 1.165) is 31.2 Å². The largest absolute Gasteiger partial charge is 0.395 e. The lowest BCUT2D eigenvalue weighted by molar-refractivity contribution is 0.0701. The van der Waals surface area contributed by atoms with E-state index in [4.69, 9.17) is 5.26 Å². The highest BCUT2D eigenvalue weighted by atomic mass is 32.2. The van der Waals surface area contributed by atoms with Gasteiger partial charge in [-0.2, -0.15) is 22.5 Å². The minimum atomic E-state index is -5.61. The molecule has 1 aromatic rings. The zero-order chi connectivity index (χ0) is 24.3. The smallest absolute Gasteiger partial charge is 0.263 e. The molecule has 12 heteroatoms. The molecule has 1 aliphatic carbocycles. The molecule has 1 aromatic carbocycles. The third-order valence-electron chi connectivity index (χ3n) is 6.32. The second kappa shape index (κ2) is 10.0. The van der Waals surface area contributed by atoms with Crippen LogP contribution in [0, 0.1) is 30.1 Å². The van der Waals surface area contributed by atoms with E-state index in [2.05, 4.69) is 9.44 Å². The monoisotopic (exact) mass is 503 g/mol. The number of sulfonamides is 1. The van der Waals surface area contributed by atoms with Crippen molar-refractivity contribution in [2.45, 2.75) is 50.7 Å². The van der Waals surface area contributed by atoms with E-state index >= 15 is 0 Å². The van der Waals surface area contributed by atoms with E-state index in [1.807, 2.05) is 0 Å². The van der Waals surface area contributed by atoms with Crippen LogP contribution in [0.1, 0.15) is 49.7 Å². The first kappa shape index (κ1) is 25.5. The second-order valence-corrected chi connectivity index (χ2v) is 12.3. The molecular weight excluding hydrogens is 476 g/mol. The summed E-state index contributed by atoms with van der Waals surface area (Å²) in [4.78, 5) is 0. The van der Waals surface area contributed by atoms with Gasteiger partial charge in [0, 0.05) is 25.1 Å². The molecule has 2 unspecified atom stereocenters. The fourth-order valence-corrected chi connectivity index (χ4v) is 6.65. The average molecular weight is 504 g/mol. The van der Waals surface area contributed by atoms with Crippen molar-refractivity contribution in [2.24, 2.45) is 17.0 Å². The summed E-state index contributed by atoms with van der Waals surface area (Å²) in [6.07, 6.45) is 3.33. The molecule has 1 heterocycles. The minimum Gasteiger partial charge on any atom is -0.263 e. The van der Waals surface area contributed by atoms with Crippen molar-refractivity contribution in [1.82, 2.24) is 4.31 Å². The molecule has 1 saturated heterocycles. The summed E-state index contributed by atoms with van der Waals surface area (Å²) in [6.45, 7) is 2.33. The summed E-state index contributed by atoms with van der Waals surface area (Å²) in [5.41, 5.74) is 0.553. The van der Waals surface area contributed by atoms with Crippen LogP contribution in [0.3, 0.4) is 0 Å². The number of hydrogen-bond donors (Lipinski definition) is 0. The molecule has 1 saturated carbocycles. The number of piperidine rings is 1. The van der Waals surface area contributed by atoms with Crippen LogP contribution in [0.25, 0.3) is 0 Å². The molecule has 1 aliphatic heterocycles. The first-order chi connectivity index (χ1) is 15.4. The van der Waals surface area contributed by atoms with Gasteiger partial charge < -0.3 is 0 Å². The molecule has 2 aliphatic rings. The van der Waals surface area contributed by atoms with Gasteiger partial charge in [-0.05, 0) is 31.6 Å². The van der Waals surface area contributed by atoms with Gasteiger partial charge in [-0.3, -0.25) is 4.28 Å². The van der Waals surface area contributed by atoms with Crippen molar-refractivity contribution in [2.75, 3.05) is 18.8 Å². The van der Waals surface area contributed by atoms with Gasteiger partial charge in [0.1, 0.15) is 6.07 Å². The Morgan fingerprint density at radius 1 is 1.15 bits per heavy atom. The van der Waals surface area contributed by atoms with Crippen LogP contribution in [0.5, 0.6) is 0 Å². The fourth-order valence-electron chi connectivity index (χ4n) is 4.31. The molecule has 0 bridgehead atoms. The standard InChI is InChI=1S/C21H27F2N3O5S2/c1-16-6-8-18(9-7-16)20(14-24)25-31-33(29,30)21(22,23)11-13-32(27,28)26-12-10-17-4-2-3-5-19(17)15-26/h6-9,17,19H,2-5,10-13,15H2,1H3. The third-order valence-corrected chi connectivity index (χ3v) is 9.37. The summed E-state index contributed by atoms with van der Waals surface area (Å²) >= 11 is 0. The van der Waals surface area contributed by atoms with E-state index in [1.165, 1.54) is 16.4 Å². The molecule has 0 N–H and O–H groups in total. The van der Waals surface area contributed by atoms with Crippen molar-refractivity contribution < 1.29 is 29.9 Å². The summed E-state index contributed by atoms with van der Waals surface area (Å²) in [6, 6.07) is 7.79. The van der Waals surface area contributed by atoms with Crippen molar-refractivity contribution >= 4 is 25.9 Å². The predicted molar refractivity (Wildman–Crippen MR) is 118 cm³/mol. The van der Waals surface area contributed by atoms with Crippen LogP contribution in [0.15, 0.2) is 29.4 Å². The molecule has 3 rings (SSSR count). The first-order valence-corrected chi connectivity index (χ1v) is 13.8.